The van der Waals surface area contributed by atoms with Gasteiger partial charge in [0.15, 0.2) is 5.78 Å². The predicted molar refractivity (Wildman–Crippen MR) is 32.1 cm³/mol. The Morgan fingerprint density at radius 2 is 1.62 bits per heavy atom. The quantitative estimate of drug-likeness (QED) is 0.352. The molecule has 0 unspecified atom stereocenters. The molecule has 0 aliphatic heterocycles. The van der Waals surface area contributed by atoms with E-state index in [1.807, 2.05) is 0 Å². The topological polar surface area (TPSA) is 17.1 Å². The summed E-state index contributed by atoms with van der Waals surface area (Å²) in [6.45, 7) is 1.22. The van der Waals surface area contributed by atoms with Crippen molar-refractivity contribution in [2.45, 2.75) is 10.7 Å². The van der Waals surface area contributed by atoms with Crippen molar-refractivity contribution >= 4 is 40.6 Å². The zero-order chi connectivity index (χ0) is 6.08. The second kappa shape index (κ2) is 4.37. The fourth-order valence-corrected chi connectivity index (χ4v) is 0. The maximum Gasteiger partial charge on any atom is 1.00 e. The summed E-state index contributed by atoms with van der Waals surface area (Å²) in [5.74, 6) is -0.461. The number of alkyl halides is 3. The van der Waals surface area contributed by atoms with Crippen molar-refractivity contribution in [3.05, 3.63) is 0 Å². The van der Waals surface area contributed by atoms with Gasteiger partial charge in [-0.1, -0.05) is 34.8 Å². The smallest absolute Gasteiger partial charge is 1.00 e. The summed E-state index contributed by atoms with van der Waals surface area (Å²) in [7, 11) is 0. The first kappa shape index (κ1) is 12.2. The summed E-state index contributed by atoms with van der Waals surface area (Å²) in [5.41, 5.74) is 0. The first-order valence-electron chi connectivity index (χ1n) is 1.52. The van der Waals surface area contributed by atoms with Crippen LogP contribution in [0.3, 0.4) is 0 Å². The Bertz CT molecular complexity index is 91.5. The van der Waals surface area contributed by atoms with Gasteiger partial charge in [0.05, 0.1) is 0 Å². The van der Waals surface area contributed by atoms with Gasteiger partial charge >= 0.3 is 29.6 Å². The van der Waals surface area contributed by atoms with Gasteiger partial charge in [0.2, 0.25) is 3.79 Å². The number of hydrogen-bond donors (Lipinski definition) is 0. The second-order valence-corrected chi connectivity index (χ2v) is 3.34. The maximum atomic E-state index is 10.1. The van der Waals surface area contributed by atoms with Gasteiger partial charge < -0.3 is 1.43 Å². The molecule has 0 rings (SSSR count). The maximum absolute atomic E-state index is 10.1. The van der Waals surface area contributed by atoms with Crippen molar-refractivity contribution in [3.8, 4) is 0 Å². The molecule has 0 aliphatic carbocycles. The molecule has 8 heavy (non-hydrogen) atoms. The molecule has 44 valence electrons. The van der Waals surface area contributed by atoms with Crippen molar-refractivity contribution in [2.24, 2.45) is 0 Å². The van der Waals surface area contributed by atoms with Gasteiger partial charge in [-0.25, -0.2) is 0 Å². The number of rotatable bonds is 0. The molecule has 0 aromatic carbocycles. The molecule has 0 N–H and O–H groups in total. The minimum atomic E-state index is -1.72. The van der Waals surface area contributed by atoms with Crippen LogP contribution in [0.1, 0.15) is 8.35 Å². The number of hydrogen-bond acceptors (Lipinski definition) is 1. The van der Waals surface area contributed by atoms with Crippen molar-refractivity contribution in [1.82, 2.24) is 0 Å². The van der Waals surface area contributed by atoms with E-state index in [0.29, 0.717) is 0 Å². The summed E-state index contributed by atoms with van der Waals surface area (Å²) >= 11 is 15.1. The third-order valence-electron chi connectivity index (χ3n) is 0.399. The minimum Gasteiger partial charge on any atom is -1.00 e. The SMILES string of the molecule is CC(=O)C(Cl)(Cl)Cl.[H-].[Na+]. The summed E-state index contributed by atoms with van der Waals surface area (Å²) < 4.78 is -1.72. The number of ketones is 1. The average Bonchev–Trinajstić information content (AvgIpc) is 1.31. The van der Waals surface area contributed by atoms with Gasteiger partial charge in [0, 0.05) is 0 Å². The van der Waals surface area contributed by atoms with Crippen LogP contribution in [0.15, 0.2) is 0 Å². The van der Waals surface area contributed by atoms with Crippen molar-refractivity contribution in [3.63, 3.8) is 0 Å². The van der Waals surface area contributed by atoms with Crippen LogP contribution in [-0.4, -0.2) is 9.58 Å². The molecule has 1 nitrogen and oxygen atoms in total. The van der Waals surface area contributed by atoms with Gasteiger partial charge in [-0.05, 0) is 6.92 Å². The Morgan fingerprint density at radius 3 is 1.62 bits per heavy atom. The molecule has 0 spiro atoms. The van der Waals surface area contributed by atoms with Crippen LogP contribution in [0.4, 0.5) is 0 Å². The van der Waals surface area contributed by atoms with Crippen LogP contribution in [0.5, 0.6) is 0 Å². The number of carbonyl (C=O) groups excluding carboxylic acids is 1. The fourth-order valence-electron chi connectivity index (χ4n) is 0. The number of halogens is 3. The Kier molecular flexibility index (Phi) is 6.69. The van der Waals surface area contributed by atoms with Crippen LogP contribution < -0.4 is 29.6 Å². The monoisotopic (exact) mass is 184 g/mol. The van der Waals surface area contributed by atoms with Crippen LogP contribution >= 0.6 is 34.8 Å². The van der Waals surface area contributed by atoms with E-state index in [0.717, 1.165) is 0 Å². The Balaban J connectivity index is -0.000000180. The van der Waals surface area contributed by atoms with Crippen molar-refractivity contribution in [1.29, 1.82) is 0 Å². The number of Topliss-reactive ketones (excluding diaryl/α,β-unsaturated/α-hetero) is 1. The van der Waals surface area contributed by atoms with Crippen LogP contribution in [0.25, 0.3) is 0 Å². The fraction of sp³-hybridized carbons (Fsp3) is 0.667. The van der Waals surface area contributed by atoms with Crippen molar-refractivity contribution in [2.75, 3.05) is 0 Å². The van der Waals surface area contributed by atoms with Crippen LogP contribution in [0.2, 0.25) is 0 Å². The molecule has 0 heterocycles. The van der Waals surface area contributed by atoms with E-state index in [9.17, 15) is 4.79 Å². The molecule has 0 bridgehead atoms. The molecule has 0 saturated carbocycles. The molecule has 0 aromatic heterocycles. The molecule has 0 aromatic rings. The largest absolute Gasteiger partial charge is 1.00 e. The molecule has 0 atom stereocenters. The zero-order valence-electron chi connectivity index (χ0n) is 5.54. The minimum absolute atomic E-state index is 0. The van der Waals surface area contributed by atoms with Gasteiger partial charge in [-0.2, -0.15) is 0 Å². The summed E-state index contributed by atoms with van der Waals surface area (Å²) in [6.07, 6.45) is 0. The van der Waals surface area contributed by atoms with Crippen molar-refractivity contribution < 1.29 is 35.8 Å². The normalized spacial score (nSPS) is 10.0. The van der Waals surface area contributed by atoms with E-state index >= 15 is 0 Å². The van der Waals surface area contributed by atoms with Gasteiger partial charge in [0.25, 0.3) is 0 Å². The molecule has 0 aliphatic rings. The summed E-state index contributed by atoms with van der Waals surface area (Å²) in [5, 5.41) is 0. The summed E-state index contributed by atoms with van der Waals surface area (Å²) in [4.78, 5) is 10.1. The third-order valence-corrected chi connectivity index (χ3v) is 1.20. The van der Waals surface area contributed by atoms with Gasteiger partial charge in [-0.15, -0.1) is 0 Å². The van der Waals surface area contributed by atoms with E-state index in [-0.39, 0.29) is 31.0 Å². The molecule has 5 heteroatoms. The van der Waals surface area contributed by atoms with E-state index in [4.69, 9.17) is 34.8 Å². The molecular weight excluding hydrogens is 181 g/mol. The molecule has 0 amide bonds. The molecular formula is C3H4Cl3NaO. The van der Waals surface area contributed by atoms with Crippen LogP contribution in [0, 0.1) is 0 Å². The second-order valence-electron chi connectivity index (χ2n) is 1.05. The summed E-state index contributed by atoms with van der Waals surface area (Å²) in [6, 6.07) is 0. The van der Waals surface area contributed by atoms with Gasteiger partial charge in [0.1, 0.15) is 0 Å². The zero-order valence-corrected chi connectivity index (χ0v) is 8.81. The third kappa shape index (κ3) is 5.67. The van der Waals surface area contributed by atoms with E-state index in [1.54, 1.807) is 0 Å². The van der Waals surface area contributed by atoms with Crippen LogP contribution in [-0.2, 0) is 4.79 Å². The standard InChI is InChI=1S/C3H3Cl3O.Na.H/c1-2(7)3(4,5)6;;/h1H3;;/q;+1;-1. The Hall–Kier alpha value is 1.54. The Labute approximate surface area is 86.4 Å². The molecule has 0 fully saturated rings. The molecule has 0 radical (unpaired) electrons. The average molecular weight is 185 g/mol. The van der Waals surface area contributed by atoms with E-state index in [2.05, 4.69) is 0 Å². The first-order chi connectivity index (χ1) is 2.94. The molecule has 0 saturated heterocycles. The number of carbonyl (C=O) groups is 1. The predicted octanol–water partition coefficient (Wildman–Crippen LogP) is -0.938. The first-order valence-corrected chi connectivity index (χ1v) is 2.65. The van der Waals surface area contributed by atoms with E-state index in [1.165, 1.54) is 6.92 Å². The van der Waals surface area contributed by atoms with E-state index < -0.39 is 9.58 Å². The Morgan fingerprint density at radius 1 is 1.50 bits per heavy atom. The van der Waals surface area contributed by atoms with Gasteiger partial charge in [-0.3, -0.25) is 4.79 Å².